The van der Waals surface area contributed by atoms with E-state index in [0.29, 0.717) is 6.54 Å². The minimum Gasteiger partial charge on any atom is -0.381 e. The molecule has 16 heavy (non-hydrogen) atoms. The maximum atomic E-state index is 5.86. The highest BCUT2D eigenvalue weighted by Gasteiger charge is 2.31. The first-order valence-corrected chi connectivity index (χ1v) is 6.07. The third kappa shape index (κ3) is 2.50. The molecule has 0 saturated carbocycles. The number of ether oxygens (including phenoxy) is 1. The summed E-state index contributed by atoms with van der Waals surface area (Å²) in [7, 11) is 0. The number of nitrogens with two attached hydrogens (primary N) is 1. The number of hydrogen-bond donors (Lipinski definition) is 2. The van der Waals surface area contributed by atoms with E-state index in [2.05, 4.69) is 31.2 Å². The van der Waals surface area contributed by atoms with Gasteiger partial charge in [0.2, 0.25) is 0 Å². The van der Waals surface area contributed by atoms with E-state index in [-0.39, 0.29) is 5.54 Å². The summed E-state index contributed by atoms with van der Waals surface area (Å²) < 4.78 is 6.21. The van der Waals surface area contributed by atoms with Gasteiger partial charge >= 0.3 is 0 Å². The molecule has 1 aromatic rings. The Hall–Kier alpha value is -0.720. The molecule has 1 aliphatic heterocycles. The highest BCUT2D eigenvalue weighted by molar-refractivity contribution is 9.10. The molecule has 1 aromatic heterocycles. The SMILES string of the molecule is NCC1(Nc2ncncc2Br)CCOCC1. The summed E-state index contributed by atoms with van der Waals surface area (Å²) in [5.41, 5.74) is 5.76. The molecule has 1 aliphatic rings. The smallest absolute Gasteiger partial charge is 0.144 e. The number of rotatable bonds is 3. The minimum atomic E-state index is -0.102. The van der Waals surface area contributed by atoms with Crippen LogP contribution in [-0.4, -0.2) is 35.3 Å². The molecule has 0 spiro atoms. The Labute approximate surface area is 103 Å². The maximum absolute atomic E-state index is 5.86. The fourth-order valence-electron chi connectivity index (χ4n) is 1.80. The van der Waals surface area contributed by atoms with E-state index in [1.807, 2.05) is 0 Å². The van der Waals surface area contributed by atoms with Crippen LogP contribution in [0.1, 0.15) is 12.8 Å². The first kappa shape index (κ1) is 11.8. The lowest BCUT2D eigenvalue weighted by Crippen LogP contribution is -2.49. The Kier molecular flexibility index (Phi) is 3.73. The molecular formula is C10H15BrN4O. The lowest BCUT2D eigenvalue weighted by atomic mass is 9.90. The summed E-state index contributed by atoms with van der Waals surface area (Å²) >= 11 is 3.42. The third-order valence-corrected chi connectivity index (χ3v) is 3.47. The molecule has 0 radical (unpaired) electrons. The molecule has 0 atom stereocenters. The molecule has 0 aliphatic carbocycles. The quantitative estimate of drug-likeness (QED) is 0.872. The molecule has 6 heteroatoms. The van der Waals surface area contributed by atoms with E-state index in [0.717, 1.165) is 36.3 Å². The number of nitrogens with zero attached hydrogens (tertiary/aromatic N) is 2. The van der Waals surface area contributed by atoms with Gasteiger partial charge < -0.3 is 15.8 Å². The second kappa shape index (κ2) is 5.07. The summed E-state index contributed by atoms with van der Waals surface area (Å²) in [6.07, 6.45) is 5.05. The largest absolute Gasteiger partial charge is 0.381 e. The predicted octanol–water partition coefficient (Wildman–Crippen LogP) is 1.16. The van der Waals surface area contributed by atoms with Gasteiger partial charge in [0, 0.05) is 26.0 Å². The summed E-state index contributed by atoms with van der Waals surface area (Å²) in [6.45, 7) is 2.06. The van der Waals surface area contributed by atoms with Crippen LogP contribution < -0.4 is 11.1 Å². The van der Waals surface area contributed by atoms with Crippen molar-refractivity contribution in [3.63, 3.8) is 0 Å². The number of aromatic nitrogens is 2. The van der Waals surface area contributed by atoms with Crippen molar-refractivity contribution in [3.8, 4) is 0 Å². The van der Waals surface area contributed by atoms with Crippen LogP contribution >= 0.6 is 15.9 Å². The van der Waals surface area contributed by atoms with Crippen molar-refractivity contribution < 1.29 is 4.74 Å². The molecule has 2 heterocycles. The Morgan fingerprint density at radius 1 is 1.50 bits per heavy atom. The van der Waals surface area contributed by atoms with Gasteiger partial charge in [0.15, 0.2) is 0 Å². The van der Waals surface area contributed by atoms with Crippen LogP contribution in [0.5, 0.6) is 0 Å². The fourth-order valence-corrected chi connectivity index (χ4v) is 2.12. The number of nitrogens with one attached hydrogen (secondary N) is 1. The minimum absolute atomic E-state index is 0.102. The van der Waals surface area contributed by atoms with Gasteiger partial charge in [0.05, 0.1) is 10.0 Å². The highest BCUT2D eigenvalue weighted by atomic mass is 79.9. The number of hydrogen-bond acceptors (Lipinski definition) is 5. The number of anilines is 1. The Bertz CT molecular complexity index is 354. The van der Waals surface area contributed by atoms with Crippen molar-refractivity contribution in [1.82, 2.24) is 9.97 Å². The van der Waals surface area contributed by atoms with E-state index < -0.39 is 0 Å². The Morgan fingerprint density at radius 2 is 2.25 bits per heavy atom. The first-order valence-electron chi connectivity index (χ1n) is 5.27. The maximum Gasteiger partial charge on any atom is 0.144 e. The van der Waals surface area contributed by atoms with E-state index >= 15 is 0 Å². The molecular weight excluding hydrogens is 272 g/mol. The van der Waals surface area contributed by atoms with E-state index in [1.165, 1.54) is 6.33 Å². The molecule has 0 amide bonds. The molecule has 0 unspecified atom stereocenters. The van der Waals surface area contributed by atoms with Gasteiger partial charge in [-0.2, -0.15) is 0 Å². The Balaban J connectivity index is 2.15. The molecule has 0 aromatic carbocycles. The van der Waals surface area contributed by atoms with Crippen molar-refractivity contribution in [3.05, 3.63) is 17.0 Å². The van der Waals surface area contributed by atoms with Gasteiger partial charge in [0.1, 0.15) is 12.1 Å². The molecule has 2 rings (SSSR count). The van der Waals surface area contributed by atoms with Crippen molar-refractivity contribution in [2.75, 3.05) is 25.1 Å². The molecule has 5 nitrogen and oxygen atoms in total. The third-order valence-electron chi connectivity index (χ3n) is 2.89. The molecule has 88 valence electrons. The van der Waals surface area contributed by atoms with E-state index in [9.17, 15) is 0 Å². The van der Waals surface area contributed by atoms with Gasteiger partial charge in [0.25, 0.3) is 0 Å². The van der Waals surface area contributed by atoms with Crippen LogP contribution in [0.25, 0.3) is 0 Å². The second-order valence-corrected chi connectivity index (χ2v) is 4.80. The average molecular weight is 287 g/mol. The van der Waals surface area contributed by atoms with Crippen LogP contribution in [0.4, 0.5) is 5.82 Å². The summed E-state index contributed by atoms with van der Waals surface area (Å²) in [4.78, 5) is 8.13. The zero-order valence-corrected chi connectivity index (χ0v) is 10.5. The van der Waals surface area contributed by atoms with Crippen LogP contribution in [0.2, 0.25) is 0 Å². The predicted molar refractivity (Wildman–Crippen MR) is 65.2 cm³/mol. The summed E-state index contributed by atoms with van der Waals surface area (Å²) in [5, 5.41) is 3.41. The zero-order chi connectivity index (χ0) is 11.4. The van der Waals surface area contributed by atoms with Crippen molar-refractivity contribution in [2.45, 2.75) is 18.4 Å². The van der Waals surface area contributed by atoms with Crippen molar-refractivity contribution in [1.29, 1.82) is 0 Å². The van der Waals surface area contributed by atoms with Gasteiger partial charge in [-0.25, -0.2) is 9.97 Å². The molecule has 3 N–H and O–H groups in total. The monoisotopic (exact) mass is 286 g/mol. The standard InChI is InChI=1S/C10H15BrN4O/c11-8-5-13-7-14-9(8)15-10(6-12)1-3-16-4-2-10/h5,7H,1-4,6,12H2,(H,13,14,15). The van der Waals surface area contributed by atoms with E-state index in [1.54, 1.807) is 6.20 Å². The Morgan fingerprint density at radius 3 is 2.88 bits per heavy atom. The summed E-state index contributed by atoms with van der Waals surface area (Å²) in [6, 6.07) is 0. The number of halogens is 1. The van der Waals surface area contributed by atoms with Crippen molar-refractivity contribution >= 4 is 21.7 Å². The summed E-state index contributed by atoms with van der Waals surface area (Å²) in [5.74, 6) is 0.794. The topological polar surface area (TPSA) is 73.1 Å². The lowest BCUT2D eigenvalue weighted by molar-refractivity contribution is 0.0626. The normalized spacial score (nSPS) is 19.4. The van der Waals surface area contributed by atoms with Gasteiger partial charge in [-0.3, -0.25) is 0 Å². The highest BCUT2D eigenvalue weighted by Crippen LogP contribution is 2.27. The van der Waals surface area contributed by atoms with Crippen molar-refractivity contribution in [2.24, 2.45) is 5.73 Å². The fraction of sp³-hybridized carbons (Fsp3) is 0.600. The van der Waals surface area contributed by atoms with Gasteiger partial charge in [-0.1, -0.05) is 0 Å². The lowest BCUT2D eigenvalue weighted by Gasteiger charge is -2.37. The van der Waals surface area contributed by atoms with Crippen LogP contribution in [0, 0.1) is 0 Å². The second-order valence-electron chi connectivity index (χ2n) is 3.94. The molecule has 1 saturated heterocycles. The van der Waals surface area contributed by atoms with Crippen LogP contribution in [0.15, 0.2) is 17.0 Å². The molecule has 0 bridgehead atoms. The van der Waals surface area contributed by atoms with Gasteiger partial charge in [-0.15, -0.1) is 0 Å². The molecule has 1 fully saturated rings. The van der Waals surface area contributed by atoms with Gasteiger partial charge in [-0.05, 0) is 28.8 Å². The average Bonchev–Trinajstić information content (AvgIpc) is 2.33. The van der Waals surface area contributed by atoms with E-state index in [4.69, 9.17) is 10.5 Å². The van der Waals surface area contributed by atoms with Crippen LogP contribution in [-0.2, 0) is 4.74 Å². The first-order chi connectivity index (χ1) is 7.76. The zero-order valence-electron chi connectivity index (χ0n) is 8.95. The van der Waals surface area contributed by atoms with Crippen LogP contribution in [0.3, 0.4) is 0 Å².